The molecule has 19 heavy (non-hydrogen) atoms. The van der Waals surface area contributed by atoms with E-state index in [2.05, 4.69) is 10.2 Å². The fraction of sp³-hybridized carbons (Fsp3) is 0.462. The van der Waals surface area contributed by atoms with Gasteiger partial charge in [0.05, 0.1) is 28.4 Å². The predicted octanol–water partition coefficient (Wildman–Crippen LogP) is 1.78. The molecule has 3 N–H and O–H groups in total. The lowest BCUT2D eigenvalue weighted by atomic mass is 9.91. The predicted molar refractivity (Wildman–Crippen MR) is 72.7 cm³/mol. The monoisotopic (exact) mass is 283 g/mol. The minimum atomic E-state index is -0.517. The first-order valence-electron chi connectivity index (χ1n) is 6.37. The smallest absolute Gasteiger partial charge is 0.225 e. The second-order valence-electron chi connectivity index (χ2n) is 5.08. The standard InChI is InChI=1S/C13H15ClFN3O/c14-8-4-11(10(16)5-9(8)15)18-3-1-2-7-12(18)6-17-13(7)19/h4-5,7,12H,1-3,6,16H2,(H,17,19). The molecule has 2 fully saturated rings. The number of carbonyl (C=O) groups excluding carboxylic acids is 1. The van der Waals surface area contributed by atoms with Gasteiger partial charge in [0.1, 0.15) is 5.82 Å². The number of fused-ring (bicyclic) bond motifs is 1. The highest BCUT2D eigenvalue weighted by atomic mass is 35.5. The highest BCUT2D eigenvalue weighted by Gasteiger charge is 2.41. The van der Waals surface area contributed by atoms with Gasteiger partial charge in [0.25, 0.3) is 0 Å². The maximum atomic E-state index is 13.4. The van der Waals surface area contributed by atoms with Gasteiger partial charge in [-0.25, -0.2) is 4.39 Å². The van der Waals surface area contributed by atoms with Gasteiger partial charge in [-0.15, -0.1) is 0 Å². The third-order valence-electron chi connectivity index (χ3n) is 3.98. The van der Waals surface area contributed by atoms with Gasteiger partial charge in [-0.2, -0.15) is 0 Å². The number of carbonyl (C=O) groups is 1. The van der Waals surface area contributed by atoms with Crippen LogP contribution in [0.1, 0.15) is 12.8 Å². The quantitative estimate of drug-likeness (QED) is 0.773. The molecule has 102 valence electrons. The van der Waals surface area contributed by atoms with Crippen molar-refractivity contribution >= 4 is 28.9 Å². The van der Waals surface area contributed by atoms with Crippen LogP contribution in [0.5, 0.6) is 0 Å². The van der Waals surface area contributed by atoms with Crippen molar-refractivity contribution in [3.8, 4) is 0 Å². The van der Waals surface area contributed by atoms with E-state index in [1.807, 2.05) is 0 Å². The molecule has 2 aliphatic heterocycles. The summed E-state index contributed by atoms with van der Waals surface area (Å²) in [5.74, 6) is -0.421. The molecule has 2 saturated heterocycles. The molecule has 2 atom stereocenters. The van der Waals surface area contributed by atoms with Crippen LogP contribution >= 0.6 is 11.6 Å². The number of amides is 1. The van der Waals surface area contributed by atoms with Crippen molar-refractivity contribution in [1.29, 1.82) is 0 Å². The second-order valence-corrected chi connectivity index (χ2v) is 5.49. The van der Waals surface area contributed by atoms with E-state index in [0.717, 1.165) is 25.1 Å². The Morgan fingerprint density at radius 3 is 3.05 bits per heavy atom. The molecule has 0 radical (unpaired) electrons. The van der Waals surface area contributed by atoms with Crippen molar-refractivity contribution in [2.45, 2.75) is 18.9 Å². The van der Waals surface area contributed by atoms with Gasteiger partial charge < -0.3 is 16.0 Å². The first kappa shape index (κ1) is 12.5. The van der Waals surface area contributed by atoms with E-state index in [1.54, 1.807) is 6.07 Å². The Morgan fingerprint density at radius 2 is 2.26 bits per heavy atom. The first-order chi connectivity index (χ1) is 9.08. The van der Waals surface area contributed by atoms with Gasteiger partial charge in [-0.1, -0.05) is 11.6 Å². The van der Waals surface area contributed by atoms with Crippen molar-refractivity contribution < 1.29 is 9.18 Å². The summed E-state index contributed by atoms with van der Waals surface area (Å²) in [6.07, 6.45) is 1.81. The Kier molecular flexibility index (Phi) is 3.01. The largest absolute Gasteiger partial charge is 0.397 e. The molecule has 0 bridgehead atoms. The molecule has 2 heterocycles. The number of nitrogen functional groups attached to an aromatic ring is 1. The minimum absolute atomic E-state index is 0.00280. The first-order valence-corrected chi connectivity index (χ1v) is 6.74. The fourth-order valence-electron chi connectivity index (χ4n) is 3.05. The number of nitrogens with zero attached hydrogens (tertiary/aromatic N) is 1. The molecule has 2 unspecified atom stereocenters. The number of hydrogen-bond acceptors (Lipinski definition) is 3. The van der Waals surface area contributed by atoms with Crippen LogP contribution in [0.4, 0.5) is 15.8 Å². The SMILES string of the molecule is Nc1cc(F)c(Cl)cc1N1CCCC2C(=O)NCC21. The molecule has 3 rings (SSSR count). The lowest BCUT2D eigenvalue weighted by Gasteiger charge is -2.38. The lowest BCUT2D eigenvalue weighted by Crippen LogP contribution is -2.46. The number of anilines is 2. The van der Waals surface area contributed by atoms with Crippen LogP contribution in [0.2, 0.25) is 5.02 Å². The van der Waals surface area contributed by atoms with Crippen molar-refractivity contribution in [3.63, 3.8) is 0 Å². The topological polar surface area (TPSA) is 58.4 Å². The Bertz CT molecular complexity index is 537. The number of piperidine rings is 1. The van der Waals surface area contributed by atoms with E-state index in [9.17, 15) is 9.18 Å². The molecule has 1 aromatic rings. The summed E-state index contributed by atoms with van der Waals surface area (Å²) in [6.45, 7) is 1.42. The summed E-state index contributed by atoms with van der Waals surface area (Å²) in [6, 6.07) is 2.88. The maximum Gasteiger partial charge on any atom is 0.225 e. The van der Waals surface area contributed by atoms with Gasteiger partial charge in [-0.05, 0) is 18.9 Å². The average Bonchev–Trinajstić information content (AvgIpc) is 2.76. The van der Waals surface area contributed by atoms with E-state index in [4.69, 9.17) is 17.3 Å². The van der Waals surface area contributed by atoms with Crippen molar-refractivity contribution in [3.05, 3.63) is 23.0 Å². The number of hydrogen-bond donors (Lipinski definition) is 2. The van der Waals surface area contributed by atoms with Crippen LogP contribution in [-0.4, -0.2) is 25.0 Å². The molecule has 4 nitrogen and oxygen atoms in total. The fourth-order valence-corrected chi connectivity index (χ4v) is 3.21. The Hall–Kier alpha value is -1.49. The van der Waals surface area contributed by atoms with Crippen LogP contribution in [-0.2, 0) is 4.79 Å². The van der Waals surface area contributed by atoms with Gasteiger partial charge in [0.2, 0.25) is 5.91 Å². The number of halogens is 2. The zero-order valence-corrected chi connectivity index (χ0v) is 11.1. The van der Waals surface area contributed by atoms with Crippen molar-refractivity contribution in [2.24, 2.45) is 5.92 Å². The number of rotatable bonds is 1. The molecular formula is C13H15ClFN3O. The summed E-state index contributed by atoms with van der Waals surface area (Å²) in [5, 5.41) is 2.94. The molecular weight excluding hydrogens is 269 g/mol. The number of nitrogens with one attached hydrogen (secondary N) is 1. The average molecular weight is 284 g/mol. The van der Waals surface area contributed by atoms with Crippen LogP contribution < -0.4 is 16.0 Å². The molecule has 1 amide bonds. The van der Waals surface area contributed by atoms with Gasteiger partial charge in [0.15, 0.2) is 0 Å². The van der Waals surface area contributed by atoms with Crippen LogP contribution in [0.15, 0.2) is 12.1 Å². The minimum Gasteiger partial charge on any atom is -0.397 e. The molecule has 0 aromatic heterocycles. The third kappa shape index (κ3) is 2.02. The maximum absolute atomic E-state index is 13.4. The van der Waals surface area contributed by atoms with Crippen molar-refractivity contribution in [2.75, 3.05) is 23.7 Å². The number of benzene rings is 1. The summed E-state index contributed by atoms with van der Waals surface area (Å²) in [7, 11) is 0. The van der Waals surface area contributed by atoms with E-state index >= 15 is 0 Å². The van der Waals surface area contributed by atoms with E-state index in [1.165, 1.54) is 6.07 Å². The lowest BCUT2D eigenvalue weighted by molar-refractivity contribution is -0.122. The molecule has 0 aliphatic carbocycles. The zero-order valence-electron chi connectivity index (χ0n) is 10.3. The summed E-state index contributed by atoms with van der Waals surface area (Å²) < 4.78 is 13.4. The third-order valence-corrected chi connectivity index (χ3v) is 4.27. The summed E-state index contributed by atoms with van der Waals surface area (Å²) in [5.41, 5.74) is 6.98. The zero-order chi connectivity index (χ0) is 13.6. The van der Waals surface area contributed by atoms with Crippen LogP contribution in [0, 0.1) is 11.7 Å². The van der Waals surface area contributed by atoms with Crippen LogP contribution in [0.3, 0.4) is 0 Å². The summed E-state index contributed by atoms with van der Waals surface area (Å²) in [4.78, 5) is 13.8. The Balaban J connectivity index is 1.97. The second kappa shape index (κ2) is 4.56. The molecule has 0 spiro atoms. The molecule has 0 saturated carbocycles. The molecule has 2 aliphatic rings. The normalized spacial score (nSPS) is 26.2. The highest BCUT2D eigenvalue weighted by Crippen LogP contribution is 2.36. The Morgan fingerprint density at radius 1 is 1.47 bits per heavy atom. The molecule has 1 aromatic carbocycles. The van der Waals surface area contributed by atoms with Gasteiger partial charge >= 0.3 is 0 Å². The highest BCUT2D eigenvalue weighted by molar-refractivity contribution is 6.31. The van der Waals surface area contributed by atoms with Gasteiger partial charge in [-0.3, -0.25) is 4.79 Å². The molecule has 6 heteroatoms. The van der Waals surface area contributed by atoms with E-state index in [0.29, 0.717) is 12.2 Å². The Labute approximate surface area is 115 Å². The van der Waals surface area contributed by atoms with E-state index < -0.39 is 5.82 Å². The van der Waals surface area contributed by atoms with Crippen molar-refractivity contribution in [1.82, 2.24) is 5.32 Å². The van der Waals surface area contributed by atoms with Gasteiger partial charge in [0, 0.05) is 19.2 Å². The van der Waals surface area contributed by atoms with Crippen LogP contribution in [0.25, 0.3) is 0 Å². The summed E-state index contributed by atoms with van der Waals surface area (Å²) >= 11 is 5.84. The number of nitrogens with two attached hydrogens (primary N) is 1. The van der Waals surface area contributed by atoms with E-state index in [-0.39, 0.29) is 22.9 Å².